The van der Waals surface area contributed by atoms with E-state index < -0.39 is 17.6 Å². The molecule has 0 aliphatic heterocycles. The topological polar surface area (TPSA) is 77.2 Å². The summed E-state index contributed by atoms with van der Waals surface area (Å²) in [6, 6.07) is 2.60. The molecule has 0 atom stereocenters. The molecule has 0 aliphatic rings. The number of halogens is 2. The largest absolute Gasteiger partial charge is 0.476 e. The molecule has 1 heterocycles. The van der Waals surface area contributed by atoms with Gasteiger partial charge in [-0.25, -0.2) is 18.3 Å². The minimum absolute atomic E-state index is 0.0650. The minimum Gasteiger partial charge on any atom is -0.476 e. The van der Waals surface area contributed by atoms with E-state index >= 15 is 0 Å². The van der Waals surface area contributed by atoms with Crippen molar-refractivity contribution in [2.75, 3.05) is 7.11 Å². The van der Waals surface area contributed by atoms with E-state index in [9.17, 15) is 13.6 Å². The van der Waals surface area contributed by atoms with Crippen LogP contribution in [0.3, 0.4) is 0 Å². The predicted molar refractivity (Wildman–Crippen MR) is 58.9 cm³/mol. The highest BCUT2D eigenvalue weighted by molar-refractivity contribution is 5.87. The first-order valence-electron chi connectivity index (χ1n) is 5.16. The number of carboxylic acid groups (broad SMARTS) is 1. The zero-order valence-electron chi connectivity index (χ0n) is 9.80. The molecule has 0 spiro atoms. The van der Waals surface area contributed by atoms with E-state index in [-0.39, 0.29) is 23.7 Å². The van der Waals surface area contributed by atoms with Gasteiger partial charge in [0.25, 0.3) is 0 Å². The van der Waals surface area contributed by atoms with Crippen molar-refractivity contribution >= 4 is 5.97 Å². The normalized spacial score (nSPS) is 10.7. The Morgan fingerprint density at radius 3 is 2.53 bits per heavy atom. The van der Waals surface area contributed by atoms with Crippen molar-refractivity contribution in [1.29, 1.82) is 0 Å². The Balaban J connectivity index is 2.58. The summed E-state index contributed by atoms with van der Waals surface area (Å²) in [6.45, 7) is -0.0700. The number of ether oxygens (including phenoxy) is 1. The molecule has 1 aromatic carbocycles. The van der Waals surface area contributed by atoms with Gasteiger partial charge in [-0.2, -0.15) is 0 Å². The number of benzene rings is 1. The Bertz CT molecular complexity index is 607. The SMILES string of the molecule is COCc1nnn(-c2cc(F)cc(F)c2)c1C(=O)O. The number of methoxy groups -OCH3 is 1. The minimum atomic E-state index is -1.32. The van der Waals surface area contributed by atoms with Crippen molar-refractivity contribution in [2.24, 2.45) is 0 Å². The first kappa shape index (κ1) is 13.1. The molecule has 19 heavy (non-hydrogen) atoms. The summed E-state index contributed by atoms with van der Waals surface area (Å²) in [5.41, 5.74) is -0.295. The third kappa shape index (κ3) is 2.58. The zero-order chi connectivity index (χ0) is 14.0. The van der Waals surface area contributed by atoms with Gasteiger partial charge in [0.1, 0.15) is 17.3 Å². The van der Waals surface area contributed by atoms with Gasteiger partial charge >= 0.3 is 5.97 Å². The van der Waals surface area contributed by atoms with Crippen LogP contribution in [0.15, 0.2) is 18.2 Å². The molecule has 0 bridgehead atoms. The highest BCUT2D eigenvalue weighted by Gasteiger charge is 2.21. The lowest BCUT2D eigenvalue weighted by Crippen LogP contribution is -2.11. The average molecular weight is 269 g/mol. The second kappa shape index (κ2) is 5.11. The molecule has 8 heteroatoms. The summed E-state index contributed by atoms with van der Waals surface area (Å²) in [6.07, 6.45) is 0. The molecule has 0 amide bonds. The van der Waals surface area contributed by atoms with E-state index in [2.05, 4.69) is 10.3 Å². The molecule has 0 aliphatic carbocycles. The van der Waals surface area contributed by atoms with E-state index in [0.717, 1.165) is 16.8 Å². The lowest BCUT2D eigenvalue weighted by molar-refractivity contribution is 0.0681. The van der Waals surface area contributed by atoms with Gasteiger partial charge in [0.05, 0.1) is 12.3 Å². The van der Waals surface area contributed by atoms with Crippen molar-refractivity contribution < 1.29 is 23.4 Å². The molecule has 6 nitrogen and oxygen atoms in total. The maximum atomic E-state index is 13.1. The first-order valence-corrected chi connectivity index (χ1v) is 5.16. The molecule has 100 valence electrons. The van der Waals surface area contributed by atoms with E-state index in [0.29, 0.717) is 6.07 Å². The number of nitrogens with zero attached hydrogens (tertiary/aromatic N) is 3. The van der Waals surface area contributed by atoms with Gasteiger partial charge in [-0.1, -0.05) is 5.21 Å². The van der Waals surface area contributed by atoms with E-state index in [1.807, 2.05) is 0 Å². The molecule has 0 saturated carbocycles. The predicted octanol–water partition coefficient (Wildman–Crippen LogP) is 1.39. The van der Waals surface area contributed by atoms with Crippen molar-refractivity contribution in [2.45, 2.75) is 6.61 Å². The van der Waals surface area contributed by atoms with Crippen molar-refractivity contribution in [1.82, 2.24) is 15.0 Å². The van der Waals surface area contributed by atoms with Crippen LogP contribution in [0, 0.1) is 11.6 Å². The maximum Gasteiger partial charge on any atom is 0.356 e. The lowest BCUT2D eigenvalue weighted by atomic mass is 10.2. The average Bonchev–Trinajstić information content (AvgIpc) is 2.72. The van der Waals surface area contributed by atoms with Gasteiger partial charge in [0, 0.05) is 13.2 Å². The standard InChI is InChI=1S/C11H9F2N3O3/c1-19-5-9-10(11(17)18)16(15-14-9)8-3-6(12)2-7(13)4-8/h2-4H,5H2,1H3,(H,17,18). The fourth-order valence-corrected chi connectivity index (χ4v) is 1.60. The molecule has 1 N–H and O–H groups in total. The van der Waals surface area contributed by atoms with Crippen LogP contribution >= 0.6 is 0 Å². The van der Waals surface area contributed by atoms with Gasteiger partial charge in [-0.3, -0.25) is 0 Å². The van der Waals surface area contributed by atoms with Crippen LogP contribution in [0.5, 0.6) is 0 Å². The number of aromatic nitrogens is 3. The Kier molecular flexibility index (Phi) is 3.52. The number of carboxylic acids is 1. The number of hydrogen-bond donors (Lipinski definition) is 1. The fourth-order valence-electron chi connectivity index (χ4n) is 1.60. The van der Waals surface area contributed by atoms with Crippen LogP contribution in [0.25, 0.3) is 5.69 Å². The summed E-state index contributed by atoms with van der Waals surface area (Å²) in [4.78, 5) is 11.2. The Morgan fingerprint density at radius 1 is 1.37 bits per heavy atom. The van der Waals surface area contributed by atoms with Crippen LogP contribution in [-0.4, -0.2) is 33.2 Å². The molecule has 0 fully saturated rings. The van der Waals surface area contributed by atoms with Crippen LogP contribution in [0.4, 0.5) is 8.78 Å². The number of rotatable bonds is 4. The molecule has 0 saturated heterocycles. The highest BCUT2D eigenvalue weighted by atomic mass is 19.1. The van der Waals surface area contributed by atoms with Gasteiger partial charge in [0.2, 0.25) is 0 Å². The summed E-state index contributed by atoms with van der Waals surface area (Å²) in [7, 11) is 1.37. The van der Waals surface area contributed by atoms with Gasteiger partial charge in [-0.05, 0) is 12.1 Å². The summed E-state index contributed by atoms with van der Waals surface area (Å²) < 4.78 is 31.9. The highest BCUT2D eigenvalue weighted by Crippen LogP contribution is 2.16. The second-order valence-corrected chi connectivity index (χ2v) is 3.66. The smallest absolute Gasteiger partial charge is 0.356 e. The van der Waals surface area contributed by atoms with Gasteiger partial charge < -0.3 is 9.84 Å². The fraction of sp³-hybridized carbons (Fsp3) is 0.182. The van der Waals surface area contributed by atoms with E-state index in [1.54, 1.807) is 0 Å². The quantitative estimate of drug-likeness (QED) is 0.907. The van der Waals surface area contributed by atoms with Crippen molar-refractivity contribution in [3.63, 3.8) is 0 Å². The summed E-state index contributed by atoms with van der Waals surface area (Å²) in [5, 5.41) is 16.3. The van der Waals surface area contributed by atoms with Crippen LogP contribution < -0.4 is 0 Å². The zero-order valence-corrected chi connectivity index (χ0v) is 9.80. The third-order valence-corrected chi connectivity index (χ3v) is 2.32. The molecule has 0 unspecified atom stereocenters. The van der Waals surface area contributed by atoms with Crippen LogP contribution in [0.1, 0.15) is 16.2 Å². The second-order valence-electron chi connectivity index (χ2n) is 3.66. The monoisotopic (exact) mass is 269 g/mol. The van der Waals surface area contributed by atoms with Crippen molar-refractivity contribution in [3.05, 3.63) is 41.2 Å². The van der Waals surface area contributed by atoms with Crippen LogP contribution in [-0.2, 0) is 11.3 Å². The van der Waals surface area contributed by atoms with Gasteiger partial charge in [0.15, 0.2) is 5.69 Å². The summed E-state index contributed by atoms with van der Waals surface area (Å²) in [5.74, 6) is -2.99. The molecule has 2 aromatic rings. The Labute approximate surface area is 106 Å². The molecule has 0 radical (unpaired) electrons. The lowest BCUT2D eigenvalue weighted by Gasteiger charge is -2.04. The number of carbonyl (C=O) groups is 1. The van der Waals surface area contributed by atoms with E-state index in [4.69, 9.17) is 9.84 Å². The first-order chi connectivity index (χ1) is 9.02. The van der Waals surface area contributed by atoms with Crippen molar-refractivity contribution in [3.8, 4) is 5.69 Å². The maximum absolute atomic E-state index is 13.1. The van der Waals surface area contributed by atoms with E-state index in [1.165, 1.54) is 7.11 Å². The summed E-state index contributed by atoms with van der Waals surface area (Å²) >= 11 is 0. The molecular formula is C11H9F2N3O3. The Morgan fingerprint density at radius 2 is 2.00 bits per heavy atom. The van der Waals surface area contributed by atoms with Crippen LogP contribution in [0.2, 0.25) is 0 Å². The third-order valence-electron chi connectivity index (χ3n) is 2.32. The number of aromatic carboxylic acids is 1. The number of hydrogen-bond acceptors (Lipinski definition) is 4. The van der Waals surface area contributed by atoms with Gasteiger partial charge in [-0.15, -0.1) is 5.10 Å². The molecule has 2 rings (SSSR count). The molecule has 1 aromatic heterocycles. The molecular weight excluding hydrogens is 260 g/mol. The Hall–Kier alpha value is -2.35.